The van der Waals surface area contributed by atoms with Crippen molar-refractivity contribution in [1.29, 1.82) is 0 Å². The van der Waals surface area contributed by atoms with Crippen molar-refractivity contribution in [2.24, 2.45) is 5.41 Å². The third-order valence-electron chi connectivity index (χ3n) is 7.37. The van der Waals surface area contributed by atoms with Gasteiger partial charge in [-0.2, -0.15) is 0 Å². The van der Waals surface area contributed by atoms with E-state index in [2.05, 4.69) is 32.9 Å². The molecule has 0 heterocycles. The molecule has 3 rings (SSSR count). The summed E-state index contributed by atoms with van der Waals surface area (Å²) in [5.74, 6) is 0. The molecule has 156 valence electrons. The number of unbranched alkanes of at least 4 members (excludes halogenated alkanes) is 4. The van der Waals surface area contributed by atoms with Crippen molar-refractivity contribution >= 4 is 6.47 Å². The van der Waals surface area contributed by atoms with Crippen LogP contribution in [0.1, 0.15) is 106 Å². The molecular formula is C26H40O2. The molecule has 0 aliphatic heterocycles. The summed E-state index contributed by atoms with van der Waals surface area (Å²) in [6, 6.07) is 4.84. The van der Waals surface area contributed by atoms with Crippen LogP contribution in [0, 0.1) is 19.3 Å². The first-order valence-electron chi connectivity index (χ1n) is 11.7. The molecule has 0 amide bonds. The first-order valence-corrected chi connectivity index (χ1v) is 11.7. The molecule has 0 atom stereocenters. The van der Waals surface area contributed by atoms with Crippen LogP contribution in [-0.4, -0.2) is 12.1 Å². The summed E-state index contributed by atoms with van der Waals surface area (Å²) in [7, 11) is 0. The summed E-state index contributed by atoms with van der Waals surface area (Å²) in [6.45, 7) is 7.63. The molecule has 2 aliphatic carbocycles. The number of carbonyl (C=O) groups excluding carboxylic acids is 1. The highest BCUT2D eigenvalue weighted by Crippen LogP contribution is 2.49. The van der Waals surface area contributed by atoms with Crippen LogP contribution in [0.2, 0.25) is 0 Å². The molecular weight excluding hydrogens is 344 g/mol. The molecule has 0 saturated heterocycles. The van der Waals surface area contributed by atoms with E-state index in [1.165, 1.54) is 74.5 Å². The number of ether oxygens (including phenoxy) is 1. The molecule has 2 nitrogen and oxygen atoms in total. The molecule has 0 N–H and O–H groups in total. The average molecular weight is 385 g/mol. The quantitative estimate of drug-likeness (QED) is 0.254. The Balaban J connectivity index is 1.38. The second-order valence-electron chi connectivity index (χ2n) is 10.0. The second-order valence-corrected chi connectivity index (χ2v) is 10.0. The van der Waals surface area contributed by atoms with Crippen molar-refractivity contribution in [3.8, 4) is 0 Å². The molecule has 1 aromatic rings. The molecule has 0 aromatic heterocycles. The highest BCUT2D eigenvalue weighted by atomic mass is 16.5. The minimum Gasteiger partial charge on any atom is -0.461 e. The zero-order chi connectivity index (χ0) is 20.0. The standard InChI is InChI=1S/C26H40O2/c1-21-18-23(10-7-9-13-26(16-17-26)28-20-27)19-24(22(21)2)11-6-4-5-8-12-25(3)14-15-25/h18-20H,4-17H2,1-3H3. The Hall–Kier alpha value is -1.31. The van der Waals surface area contributed by atoms with E-state index in [0.717, 1.165) is 37.5 Å². The van der Waals surface area contributed by atoms with Gasteiger partial charge in [-0.3, -0.25) is 4.79 Å². The van der Waals surface area contributed by atoms with Crippen molar-refractivity contribution in [3.05, 3.63) is 34.4 Å². The van der Waals surface area contributed by atoms with E-state index in [1.54, 1.807) is 5.56 Å². The van der Waals surface area contributed by atoms with Gasteiger partial charge >= 0.3 is 0 Å². The number of hydrogen-bond acceptors (Lipinski definition) is 2. The van der Waals surface area contributed by atoms with Crippen molar-refractivity contribution < 1.29 is 9.53 Å². The van der Waals surface area contributed by atoms with Crippen LogP contribution in [0.5, 0.6) is 0 Å². The van der Waals surface area contributed by atoms with Gasteiger partial charge in [0.25, 0.3) is 6.47 Å². The first kappa shape index (κ1) is 21.4. The molecule has 0 radical (unpaired) electrons. The van der Waals surface area contributed by atoms with Gasteiger partial charge in [-0.25, -0.2) is 0 Å². The van der Waals surface area contributed by atoms with Gasteiger partial charge in [0, 0.05) is 0 Å². The van der Waals surface area contributed by atoms with Crippen molar-refractivity contribution in [2.45, 2.75) is 116 Å². The summed E-state index contributed by atoms with van der Waals surface area (Å²) >= 11 is 0. The van der Waals surface area contributed by atoms with Gasteiger partial charge < -0.3 is 4.74 Å². The fourth-order valence-corrected chi connectivity index (χ4v) is 4.55. The number of hydrogen-bond donors (Lipinski definition) is 0. The maximum absolute atomic E-state index is 10.6. The van der Waals surface area contributed by atoms with E-state index < -0.39 is 0 Å². The lowest BCUT2D eigenvalue weighted by Gasteiger charge is -2.14. The Morgan fingerprint density at radius 2 is 1.57 bits per heavy atom. The van der Waals surface area contributed by atoms with Gasteiger partial charge in [-0.15, -0.1) is 0 Å². The fraction of sp³-hybridized carbons (Fsp3) is 0.731. The zero-order valence-corrected chi connectivity index (χ0v) is 18.4. The normalized spacial score (nSPS) is 18.7. The van der Waals surface area contributed by atoms with Crippen LogP contribution < -0.4 is 0 Å². The van der Waals surface area contributed by atoms with Crippen LogP contribution in [0.3, 0.4) is 0 Å². The Labute approximate surface area is 172 Å². The molecule has 2 heteroatoms. The van der Waals surface area contributed by atoms with Crippen LogP contribution in [0.25, 0.3) is 0 Å². The summed E-state index contributed by atoms with van der Waals surface area (Å²) in [4.78, 5) is 10.6. The van der Waals surface area contributed by atoms with Crippen molar-refractivity contribution in [2.75, 3.05) is 0 Å². The Kier molecular flexibility index (Phi) is 7.23. The molecule has 0 bridgehead atoms. The van der Waals surface area contributed by atoms with E-state index in [1.807, 2.05) is 0 Å². The summed E-state index contributed by atoms with van der Waals surface area (Å²) in [5.41, 5.74) is 6.61. The highest BCUT2D eigenvalue weighted by molar-refractivity contribution is 5.39. The van der Waals surface area contributed by atoms with Gasteiger partial charge in [0.15, 0.2) is 0 Å². The smallest absolute Gasteiger partial charge is 0.293 e. The molecule has 2 aliphatic rings. The number of aryl methyl sites for hydroxylation is 3. The third-order valence-corrected chi connectivity index (χ3v) is 7.37. The number of rotatable bonds is 14. The van der Waals surface area contributed by atoms with Gasteiger partial charge in [0.2, 0.25) is 0 Å². The zero-order valence-electron chi connectivity index (χ0n) is 18.4. The van der Waals surface area contributed by atoms with Crippen LogP contribution in [0.15, 0.2) is 12.1 Å². The Morgan fingerprint density at radius 1 is 0.893 bits per heavy atom. The van der Waals surface area contributed by atoms with Crippen molar-refractivity contribution in [3.63, 3.8) is 0 Å². The van der Waals surface area contributed by atoms with E-state index in [9.17, 15) is 4.79 Å². The predicted molar refractivity (Wildman–Crippen MR) is 117 cm³/mol. The SMILES string of the molecule is Cc1cc(CCCCC2(OC=O)CC2)cc(CCCCCCC2(C)CC2)c1C. The summed E-state index contributed by atoms with van der Waals surface area (Å²) in [6.07, 6.45) is 17.7. The first-order chi connectivity index (χ1) is 13.5. The van der Waals surface area contributed by atoms with E-state index in [4.69, 9.17) is 4.74 Å². The molecule has 2 saturated carbocycles. The van der Waals surface area contributed by atoms with E-state index >= 15 is 0 Å². The number of carbonyl (C=O) groups is 1. The Bertz CT molecular complexity index is 653. The summed E-state index contributed by atoms with van der Waals surface area (Å²) < 4.78 is 5.26. The largest absolute Gasteiger partial charge is 0.461 e. The minimum atomic E-state index is -0.0902. The molecule has 28 heavy (non-hydrogen) atoms. The lowest BCUT2D eigenvalue weighted by Crippen LogP contribution is -2.12. The maximum atomic E-state index is 10.6. The number of benzene rings is 1. The maximum Gasteiger partial charge on any atom is 0.293 e. The van der Waals surface area contributed by atoms with Crippen LogP contribution in [-0.2, 0) is 22.4 Å². The lowest BCUT2D eigenvalue weighted by molar-refractivity contribution is -0.135. The Morgan fingerprint density at radius 3 is 2.25 bits per heavy atom. The molecule has 2 fully saturated rings. The molecule has 0 spiro atoms. The van der Waals surface area contributed by atoms with Gasteiger partial charge in [-0.05, 0) is 112 Å². The van der Waals surface area contributed by atoms with Gasteiger partial charge in [-0.1, -0.05) is 38.3 Å². The topological polar surface area (TPSA) is 26.3 Å². The second kappa shape index (κ2) is 9.46. The van der Waals surface area contributed by atoms with Crippen LogP contribution in [0.4, 0.5) is 0 Å². The third kappa shape index (κ3) is 6.36. The predicted octanol–water partition coefficient (Wildman–Crippen LogP) is 7.01. The molecule has 1 aromatic carbocycles. The van der Waals surface area contributed by atoms with Gasteiger partial charge in [0.1, 0.15) is 5.60 Å². The fourth-order valence-electron chi connectivity index (χ4n) is 4.55. The van der Waals surface area contributed by atoms with E-state index in [0.29, 0.717) is 6.47 Å². The van der Waals surface area contributed by atoms with E-state index in [-0.39, 0.29) is 5.60 Å². The lowest BCUT2D eigenvalue weighted by atomic mass is 9.93. The van der Waals surface area contributed by atoms with Crippen LogP contribution >= 0.6 is 0 Å². The average Bonchev–Trinajstić information content (AvgIpc) is 3.58. The minimum absolute atomic E-state index is 0.0902. The summed E-state index contributed by atoms with van der Waals surface area (Å²) in [5, 5.41) is 0. The monoisotopic (exact) mass is 384 g/mol. The molecule has 0 unspecified atom stereocenters. The van der Waals surface area contributed by atoms with Crippen molar-refractivity contribution in [1.82, 2.24) is 0 Å². The van der Waals surface area contributed by atoms with Gasteiger partial charge in [0.05, 0.1) is 0 Å². The highest BCUT2D eigenvalue weighted by Gasteiger charge is 2.44.